The van der Waals surface area contributed by atoms with Crippen LogP contribution in [-0.2, 0) is 0 Å². The maximum absolute atomic E-state index is 12.3. The standard InChI is InChI=1S/C12H24F3N3/c1-17(2)8-3-6-16-7-9-18(11-4-5-11)10-12(13,14)15/h11,16H,3-10H2,1-2H3. The summed E-state index contributed by atoms with van der Waals surface area (Å²) in [6.07, 6.45) is -1.23. The van der Waals surface area contributed by atoms with Crippen molar-refractivity contribution in [3.63, 3.8) is 0 Å². The molecule has 0 aromatic carbocycles. The van der Waals surface area contributed by atoms with Gasteiger partial charge in [-0.15, -0.1) is 0 Å². The van der Waals surface area contributed by atoms with Crippen LogP contribution >= 0.6 is 0 Å². The summed E-state index contributed by atoms with van der Waals surface area (Å²) in [5.74, 6) is 0. The molecule has 1 N–H and O–H groups in total. The summed E-state index contributed by atoms with van der Waals surface area (Å²) in [4.78, 5) is 3.65. The fraction of sp³-hybridized carbons (Fsp3) is 1.00. The molecule has 0 aromatic rings. The van der Waals surface area contributed by atoms with Crippen molar-refractivity contribution in [3.8, 4) is 0 Å². The summed E-state index contributed by atoms with van der Waals surface area (Å²) in [5, 5.41) is 3.20. The van der Waals surface area contributed by atoms with E-state index in [0.29, 0.717) is 13.1 Å². The van der Waals surface area contributed by atoms with Crippen molar-refractivity contribution in [1.29, 1.82) is 0 Å². The Balaban J connectivity index is 2.07. The molecule has 18 heavy (non-hydrogen) atoms. The van der Waals surface area contributed by atoms with Gasteiger partial charge in [-0.25, -0.2) is 0 Å². The van der Waals surface area contributed by atoms with Crippen LogP contribution < -0.4 is 5.32 Å². The third-order valence-electron chi connectivity index (χ3n) is 2.98. The third-order valence-corrected chi connectivity index (χ3v) is 2.98. The van der Waals surface area contributed by atoms with E-state index in [9.17, 15) is 13.2 Å². The lowest BCUT2D eigenvalue weighted by Gasteiger charge is -2.23. The van der Waals surface area contributed by atoms with Crippen molar-refractivity contribution in [2.24, 2.45) is 0 Å². The fourth-order valence-corrected chi connectivity index (χ4v) is 1.93. The molecule has 1 saturated carbocycles. The normalized spacial score (nSPS) is 16.8. The van der Waals surface area contributed by atoms with Gasteiger partial charge in [0.05, 0.1) is 6.54 Å². The molecule has 0 bridgehead atoms. The topological polar surface area (TPSA) is 18.5 Å². The van der Waals surface area contributed by atoms with E-state index < -0.39 is 12.7 Å². The smallest absolute Gasteiger partial charge is 0.315 e. The number of hydrogen-bond donors (Lipinski definition) is 1. The molecule has 0 unspecified atom stereocenters. The lowest BCUT2D eigenvalue weighted by Crippen LogP contribution is -2.40. The second-order valence-corrected chi connectivity index (χ2v) is 5.22. The van der Waals surface area contributed by atoms with E-state index in [-0.39, 0.29) is 6.04 Å². The van der Waals surface area contributed by atoms with Crippen LogP contribution in [0.1, 0.15) is 19.3 Å². The molecule has 0 atom stereocenters. The van der Waals surface area contributed by atoms with E-state index in [1.807, 2.05) is 14.1 Å². The molecular weight excluding hydrogens is 243 g/mol. The predicted molar refractivity (Wildman–Crippen MR) is 66.7 cm³/mol. The molecule has 0 saturated heterocycles. The number of nitrogens with zero attached hydrogens (tertiary/aromatic N) is 2. The van der Waals surface area contributed by atoms with Gasteiger partial charge < -0.3 is 10.2 Å². The minimum absolute atomic E-state index is 0.162. The van der Waals surface area contributed by atoms with E-state index in [0.717, 1.165) is 32.4 Å². The highest BCUT2D eigenvalue weighted by molar-refractivity contribution is 4.85. The lowest BCUT2D eigenvalue weighted by atomic mass is 10.4. The van der Waals surface area contributed by atoms with E-state index >= 15 is 0 Å². The SMILES string of the molecule is CN(C)CCCNCCN(CC(F)(F)F)C1CC1. The molecular formula is C12H24F3N3. The van der Waals surface area contributed by atoms with Crippen molar-refractivity contribution < 1.29 is 13.2 Å². The Morgan fingerprint density at radius 2 is 1.78 bits per heavy atom. The molecule has 0 heterocycles. The molecule has 0 spiro atoms. The summed E-state index contributed by atoms with van der Waals surface area (Å²) < 4.78 is 37.0. The van der Waals surface area contributed by atoms with Crippen LogP contribution in [0.3, 0.4) is 0 Å². The Bertz CT molecular complexity index is 227. The van der Waals surface area contributed by atoms with Gasteiger partial charge in [-0.3, -0.25) is 4.90 Å². The molecule has 1 aliphatic carbocycles. The van der Waals surface area contributed by atoms with Crippen LogP contribution in [0.25, 0.3) is 0 Å². The number of hydrogen-bond acceptors (Lipinski definition) is 3. The molecule has 1 fully saturated rings. The van der Waals surface area contributed by atoms with Crippen LogP contribution in [-0.4, -0.2) is 68.8 Å². The largest absolute Gasteiger partial charge is 0.401 e. The Morgan fingerprint density at radius 1 is 1.11 bits per heavy atom. The van der Waals surface area contributed by atoms with Gasteiger partial charge in [-0.2, -0.15) is 13.2 Å². The minimum atomic E-state index is -4.08. The zero-order valence-electron chi connectivity index (χ0n) is 11.3. The Hall–Kier alpha value is -0.330. The van der Waals surface area contributed by atoms with Gasteiger partial charge in [0.25, 0.3) is 0 Å². The van der Waals surface area contributed by atoms with E-state index in [1.54, 1.807) is 4.90 Å². The van der Waals surface area contributed by atoms with Gasteiger partial charge in [-0.1, -0.05) is 0 Å². The molecule has 108 valence electrons. The van der Waals surface area contributed by atoms with Gasteiger partial charge in [-0.05, 0) is 46.4 Å². The number of rotatable bonds is 9. The van der Waals surface area contributed by atoms with Crippen LogP contribution in [0.2, 0.25) is 0 Å². The first-order valence-corrected chi connectivity index (χ1v) is 6.55. The molecule has 1 aliphatic rings. The average molecular weight is 267 g/mol. The highest BCUT2D eigenvalue weighted by Gasteiger charge is 2.37. The summed E-state index contributed by atoms with van der Waals surface area (Å²) in [7, 11) is 4.02. The first-order chi connectivity index (χ1) is 8.38. The summed E-state index contributed by atoms with van der Waals surface area (Å²) >= 11 is 0. The van der Waals surface area contributed by atoms with Crippen molar-refractivity contribution in [1.82, 2.24) is 15.1 Å². The van der Waals surface area contributed by atoms with Gasteiger partial charge in [0.15, 0.2) is 0 Å². The maximum atomic E-state index is 12.3. The fourth-order valence-electron chi connectivity index (χ4n) is 1.93. The van der Waals surface area contributed by atoms with Crippen LogP contribution in [0, 0.1) is 0 Å². The highest BCUT2D eigenvalue weighted by atomic mass is 19.4. The van der Waals surface area contributed by atoms with Crippen molar-refractivity contribution >= 4 is 0 Å². The van der Waals surface area contributed by atoms with E-state index in [1.165, 1.54) is 0 Å². The van der Waals surface area contributed by atoms with Crippen LogP contribution in [0.4, 0.5) is 13.2 Å². The Kier molecular flexibility index (Phi) is 6.38. The van der Waals surface area contributed by atoms with Crippen molar-refractivity contribution in [3.05, 3.63) is 0 Å². The third kappa shape index (κ3) is 7.89. The average Bonchev–Trinajstić information content (AvgIpc) is 3.02. The zero-order valence-corrected chi connectivity index (χ0v) is 11.3. The molecule has 0 amide bonds. The first-order valence-electron chi connectivity index (χ1n) is 6.55. The summed E-state index contributed by atoms with van der Waals surface area (Å²) in [6.45, 7) is 2.23. The summed E-state index contributed by atoms with van der Waals surface area (Å²) in [6, 6.07) is 0.162. The zero-order chi connectivity index (χ0) is 13.6. The first kappa shape index (κ1) is 15.7. The molecule has 6 heteroatoms. The van der Waals surface area contributed by atoms with Crippen molar-refractivity contribution in [2.75, 3.05) is 46.8 Å². The van der Waals surface area contributed by atoms with Gasteiger partial charge in [0.1, 0.15) is 0 Å². The number of halogens is 3. The van der Waals surface area contributed by atoms with Crippen LogP contribution in [0.5, 0.6) is 0 Å². The quantitative estimate of drug-likeness (QED) is 0.640. The second kappa shape index (κ2) is 7.31. The molecule has 1 rings (SSSR count). The second-order valence-electron chi connectivity index (χ2n) is 5.22. The van der Waals surface area contributed by atoms with E-state index in [4.69, 9.17) is 0 Å². The van der Waals surface area contributed by atoms with Gasteiger partial charge in [0, 0.05) is 19.1 Å². The monoisotopic (exact) mass is 267 g/mol. The highest BCUT2D eigenvalue weighted by Crippen LogP contribution is 2.29. The van der Waals surface area contributed by atoms with Crippen molar-refractivity contribution in [2.45, 2.75) is 31.5 Å². The molecule has 0 aromatic heterocycles. The molecule has 3 nitrogen and oxygen atoms in total. The van der Waals surface area contributed by atoms with Gasteiger partial charge in [0.2, 0.25) is 0 Å². The maximum Gasteiger partial charge on any atom is 0.401 e. The van der Waals surface area contributed by atoms with Gasteiger partial charge >= 0.3 is 6.18 Å². The predicted octanol–water partition coefficient (Wildman–Crippen LogP) is 1.55. The molecule has 0 radical (unpaired) electrons. The summed E-state index contributed by atoms with van der Waals surface area (Å²) in [5.41, 5.74) is 0. The Labute approximate surface area is 107 Å². The molecule has 0 aliphatic heterocycles. The van der Waals surface area contributed by atoms with Crippen LogP contribution in [0.15, 0.2) is 0 Å². The minimum Gasteiger partial charge on any atom is -0.315 e. The number of nitrogens with one attached hydrogen (secondary N) is 1. The number of alkyl halides is 3. The van der Waals surface area contributed by atoms with E-state index in [2.05, 4.69) is 10.2 Å². The lowest BCUT2D eigenvalue weighted by molar-refractivity contribution is -0.147. The Morgan fingerprint density at radius 3 is 2.28 bits per heavy atom.